The lowest BCUT2D eigenvalue weighted by Crippen LogP contribution is -2.07. The van der Waals surface area contributed by atoms with E-state index in [2.05, 4.69) is 0 Å². The number of aliphatic hydroxyl groups excluding tert-OH is 1. The third-order valence-electron chi connectivity index (χ3n) is 2.49. The van der Waals surface area contributed by atoms with Gasteiger partial charge in [-0.25, -0.2) is 8.78 Å². The Labute approximate surface area is 85.8 Å². The number of nitrogens with zero attached hydrogens (tertiary/aromatic N) is 1. The van der Waals surface area contributed by atoms with E-state index >= 15 is 0 Å². The van der Waals surface area contributed by atoms with Crippen molar-refractivity contribution in [2.75, 3.05) is 0 Å². The maximum absolute atomic E-state index is 12.3. The molecule has 0 amide bonds. The first-order chi connectivity index (χ1) is 7.09. The normalized spacial score (nSPS) is 13.7. The minimum atomic E-state index is -2.74. The summed E-state index contributed by atoms with van der Waals surface area (Å²) in [5.74, 6) is 0. The van der Waals surface area contributed by atoms with Gasteiger partial charge in [0.25, 0.3) is 6.43 Å². The SMILES string of the molecule is Cn1ccc2cc(C(O)C(F)F)ccc21. The largest absolute Gasteiger partial charge is 0.382 e. The van der Waals surface area contributed by atoms with Gasteiger partial charge in [-0.05, 0) is 29.1 Å². The predicted octanol–water partition coefficient (Wildman–Crippen LogP) is 2.48. The fourth-order valence-corrected chi connectivity index (χ4v) is 1.63. The highest BCUT2D eigenvalue weighted by molar-refractivity contribution is 5.80. The zero-order valence-electron chi connectivity index (χ0n) is 8.19. The molecule has 1 atom stereocenters. The average Bonchev–Trinajstić information content (AvgIpc) is 2.59. The highest BCUT2D eigenvalue weighted by Crippen LogP contribution is 2.24. The van der Waals surface area contributed by atoms with Gasteiger partial charge in [0.05, 0.1) is 0 Å². The Hall–Kier alpha value is -1.42. The van der Waals surface area contributed by atoms with Crippen LogP contribution < -0.4 is 0 Å². The van der Waals surface area contributed by atoms with E-state index in [4.69, 9.17) is 0 Å². The molecule has 0 radical (unpaired) electrons. The first-order valence-electron chi connectivity index (χ1n) is 4.61. The molecule has 0 fully saturated rings. The summed E-state index contributed by atoms with van der Waals surface area (Å²) < 4.78 is 26.4. The van der Waals surface area contributed by atoms with Gasteiger partial charge in [0.15, 0.2) is 0 Å². The number of fused-ring (bicyclic) bond motifs is 1. The lowest BCUT2D eigenvalue weighted by atomic mass is 10.1. The zero-order valence-corrected chi connectivity index (χ0v) is 8.19. The molecule has 1 heterocycles. The number of aryl methyl sites for hydroxylation is 1. The number of benzene rings is 1. The Morgan fingerprint density at radius 3 is 2.67 bits per heavy atom. The Kier molecular flexibility index (Phi) is 2.44. The van der Waals surface area contributed by atoms with Crippen LogP contribution in [0.1, 0.15) is 11.7 Å². The van der Waals surface area contributed by atoms with Gasteiger partial charge >= 0.3 is 0 Å². The molecule has 0 bridgehead atoms. The summed E-state index contributed by atoms with van der Waals surface area (Å²) in [6, 6.07) is 6.68. The number of hydrogen-bond donors (Lipinski definition) is 1. The fourth-order valence-electron chi connectivity index (χ4n) is 1.63. The monoisotopic (exact) mass is 211 g/mol. The second-order valence-corrected chi connectivity index (χ2v) is 3.52. The van der Waals surface area contributed by atoms with Gasteiger partial charge in [0.1, 0.15) is 6.10 Å². The first kappa shape index (κ1) is 10.1. The maximum atomic E-state index is 12.3. The summed E-state index contributed by atoms with van der Waals surface area (Å²) >= 11 is 0. The van der Waals surface area contributed by atoms with Crippen molar-refractivity contribution in [3.63, 3.8) is 0 Å². The molecule has 80 valence electrons. The van der Waals surface area contributed by atoms with Crippen LogP contribution in [-0.4, -0.2) is 16.1 Å². The Morgan fingerprint density at radius 2 is 2.00 bits per heavy atom. The summed E-state index contributed by atoms with van der Waals surface area (Å²) in [5.41, 5.74) is 1.21. The van der Waals surface area contributed by atoms with Crippen LogP contribution in [0.3, 0.4) is 0 Å². The minimum absolute atomic E-state index is 0.253. The molecule has 1 unspecified atom stereocenters. The number of aromatic nitrogens is 1. The molecule has 0 saturated heterocycles. The number of halogens is 2. The van der Waals surface area contributed by atoms with Crippen molar-refractivity contribution in [3.05, 3.63) is 36.0 Å². The highest BCUT2D eigenvalue weighted by Gasteiger charge is 2.19. The van der Waals surface area contributed by atoms with Crippen molar-refractivity contribution in [1.29, 1.82) is 0 Å². The molecule has 0 aliphatic rings. The van der Waals surface area contributed by atoms with Crippen molar-refractivity contribution in [2.24, 2.45) is 7.05 Å². The number of hydrogen-bond acceptors (Lipinski definition) is 1. The smallest absolute Gasteiger partial charge is 0.268 e. The summed E-state index contributed by atoms with van der Waals surface area (Å²) in [7, 11) is 1.88. The van der Waals surface area contributed by atoms with E-state index in [1.165, 1.54) is 6.07 Å². The quantitative estimate of drug-likeness (QED) is 0.811. The topological polar surface area (TPSA) is 25.2 Å². The molecular weight excluding hydrogens is 200 g/mol. The molecule has 2 aromatic rings. The van der Waals surface area contributed by atoms with Gasteiger partial charge < -0.3 is 9.67 Å². The molecule has 1 aromatic carbocycles. The van der Waals surface area contributed by atoms with Gasteiger partial charge in [-0.2, -0.15) is 0 Å². The maximum Gasteiger partial charge on any atom is 0.268 e. The van der Waals surface area contributed by atoms with E-state index in [1.54, 1.807) is 12.1 Å². The Balaban J connectivity index is 2.47. The van der Waals surface area contributed by atoms with Gasteiger partial charge in [-0.15, -0.1) is 0 Å². The molecule has 2 nitrogen and oxygen atoms in total. The van der Waals surface area contributed by atoms with Crippen LogP contribution in [0.15, 0.2) is 30.5 Å². The second kappa shape index (κ2) is 3.62. The van der Waals surface area contributed by atoms with Crippen molar-refractivity contribution in [2.45, 2.75) is 12.5 Å². The molecule has 0 saturated carbocycles. The van der Waals surface area contributed by atoms with Crippen LogP contribution in [0.2, 0.25) is 0 Å². The van der Waals surface area contributed by atoms with Crippen molar-refractivity contribution >= 4 is 10.9 Å². The van der Waals surface area contributed by atoms with Crippen LogP contribution in [0.25, 0.3) is 10.9 Å². The molecule has 4 heteroatoms. The summed E-state index contributed by atoms with van der Waals surface area (Å²) in [6.45, 7) is 0. The molecule has 0 aliphatic heterocycles. The molecule has 1 aromatic heterocycles. The number of aliphatic hydroxyl groups is 1. The summed E-state index contributed by atoms with van der Waals surface area (Å²) in [4.78, 5) is 0. The third-order valence-corrected chi connectivity index (χ3v) is 2.49. The van der Waals surface area contributed by atoms with E-state index < -0.39 is 12.5 Å². The van der Waals surface area contributed by atoms with E-state index in [1.807, 2.05) is 23.9 Å². The minimum Gasteiger partial charge on any atom is -0.382 e. The van der Waals surface area contributed by atoms with E-state index in [0.717, 1.165) is 10.9 Å². The van der Waals surface area contributed by atoms with E-state index in [0.29, 0.717) is 0 Å². The van der Waals surface area contributed by atoms with Crippen molar-refractivity contribution in [1.82, 2.24) is 4.57 Å². The van der Waals surface area contributed by atoms with Gasteiger partial charge in [0.2, 0.25) is 0 Å². The van der Waals surface area contributed by atoms with Crippen LogP contribution in [0.4, 0.5) is 8.78 Å². The zero-order chi connectivity index (χ0) is 11.0. The number of alkyl halides is 2. The van der Waals surface area contributed by atoms with Gasteiger partial charge in [-0.3, -0.25) is 0 Å². The van der Waals surface area contributed by atoms with Crippen molar-refractivity contribution < 1.29 is 13.9 Å². The molecule has 0 spiro atoms. The van der Waals surface area contributed by atoms with Crippen LogP contribution in [-0.2, 0) is 7.05 Å². The predicted molar refractivity (Wildman–Crippen MR) is 53.9 cm³/mol. The van der Waals surface area contributed by atoms with Crippen molar-refractivity contribution in [3.8, 4) is 0 Å². The molecular formula is C11H11F2NO. The standard InChI is InChI=1S/C11H11F2NO/c1-14-5-4-7-6-8(2-3-9(7)14)10(15)11(12)13/h2-6,10-11,15H,1H3. The van der Waals surface area contributed by atoms with E-state index in [-0.39, 0.29) is 5.56 Å². The first-order valence-corrected chi connectivity index (χ1v) is 4.61. The molecule has 0 aliphatic carbocycles. The lowest BCUT2D eigenvalue weighted by Gasteiger charge is -2.09. The van der Waals surface area contributed by atoms with Gasteiger partial charge in [-0.1, -0.05) is 6.07 Å². The second-order valence-electron chi connectivity index (χ2n) is 3.52. The molecule has 2 rings (SSSR count). The lowest BCUT2D eigenvalue weighted by molar-refractivity contribution is -0.00570. The molecule has 1 N–H and O–H groups in total. The van der Waals surface area contributed by atoms with Crippen LogP contribution in [0, 0.1) is 0 Å². The average molecular weight is 211 g/mol. The Bertz CT molecular complexity index is 478. The Morgan fingerprint density at radius 1 is 1.27 bits per heavy atom. The molecule has 15 heavy (non-hydrogen) atoms. The number of rotatable bonds is 2. The summed E-state index contributed by atoms with van der Waals surface area (Å²) in [6.07, 6.45) is -2.59. The van der Waals surface area contributed by atoms with Gasteiger partial charge in [0, 0.05) is 18.8 Å². The summed E-state index contributed by atoms with van der Waals surface area (Å²) in [5, 5.41) is 10.1. The third kappa shape index (κ3) is 1.72. The highest BCUT2D eigenvalue weighted by atomic mass is 19.3. The van der Waals surface area contributed by atoms with Crippen LogP contribution in [0.5, 0.6) is 0 Å². The van der Waals surface area contributed by atoms with Crippen LogP contribution >= 0.6 is 0 Å². The fraction of sp³-hybridized carbons (Fsp3) is 0.273. The van der Waals surface area contributed by atoms with E-state index in [9.17, 15) is 13.9 Å².